The summed E-state index contributed by atoms with van der Waals surface area (Å²) < 4.78 is 2.70. The number of hydrogen-bond acceptors (Lipinski definition) is 4. The molecule has 2 heterocycles. The molecular formula is C21H22BrN5O2. The van der Waals surface area contributed by atoms with Crippen molar-refractivity contribution in [2.45, 2.75) is 19.4 Å². The van der Waals surface area contributed by atoms with Gasteiger partial charge in [-0.3, -0.25) is 9.59 Å². The first kappa shape index (κ1) is 19.6. The monoisotopic (exact) mass is 455 g/mol. The van der Waals surface area contributed by atoms with E-state index in [4.69, 9.17) is 0 Å². The first-order valence-corrected chi connectivity index (χ1v) is 10.4. The van der Waals surface area contributed by atoms with Crippen LogP contribution in [0.4, 0.5) is 0 Å². The molecule has 1 fully saturated rings. The lowest BCUT2D eigenvalue weighted by atomic mass is 9.95. The first-order valence-electron chi connectivity index (χ1n) is 9.62. The average molecular weight is 456 g/mol. The van der Waals surface area contributed by atoms with Crippen molar-refractivity contribution in [2.24, 2.45) is 13.0 Å². The molecule has 7 nitrogen and oxygen atoms in total. The minimum Gasteiger partial charge on any atom is -0.352 e. The smallest absolute Gasteiger partial charge is 0.253 e. The second-order valence-electron chi connectivity index (χ2n) is 7.33. The highest BCUT2D eigenvalue weighted by Gasteiger charge is 2.28. The van der Waals surface area contributed by atoms with E-state index in [9.17, 15) is 9.59 Å². The number of carbonyl (C=O) groups is 2. The van der Waals surface area contributed by atoms with E-state index in [1.165, 1.54) is 0 Å². The molecule has 1 saturated heterocycles. The lowest BCUT2D eigenvalue weighted by Gasteiger charge is -2.31. The Morgan fingerprint density at radius 1 is 1.14 bits per heavy atom. The van der Waals surface area contributed by atoms with Gasteiger partial charge < -0.3 is 10.2 Å². The average Bonchev–Trinajstić information content (AvgIpc) is 3.13. The van der Waals surface area contributed by atoms with Gasteiger partial charge in [0.15, 0.2) is 0 Å². The van der Waals surface area contributed by atoms with Crippen LogP contribution in [0.25, 0.3) is 11.0 Å². The van der Waals surface area contributed by atoms with Gasteiger partial charge in [-0.1, -0.05) is 33.3 Å². The van der Waals surface area contributed by atoms with Crippen molar-refractivity contribution < 1.29 is 9.59 Å². The largest absolute Gasteiger partial charge is 0.352 e. The third-order valence-electron chi connectivity index (χ3n) is 5.39. The van der Waals surface area contributed by atoms with Gasteiger partial charge in [0.1, 0.15) is 5.52 Å². The normalized spacial score (nSPS) is 14.9. The van der Waals surface area contributed by atoms with E-state index in [1.807, 2.05) is 48.3 Å². The van der Waals surface area contributed by atoms with Crippen LogP contribution in [-0.2, 0) is 18.4 Å². The summed E-state index contributed by atoms with van der Waals surface area (Å²) in [5.41, 5.74) is 3.27. The van der Waals surface area contributed by atoms with Crippen LogP contribution in [0, 0.1) is 5.92 Å². The predicted octanol–water partition coefficient (Wildman–Crippen LogP) is 2.90. The van der Waals surface area contributed by atoms with Crippen LogP contribution < -0.4 is 5.32 Å². The Morgan fingerprint density at radius 2 is 1.86 bits per heavy atom. The highest BCUT2D eigenvalue weighted by molar-refractivity contribution is 9.10. The zero-order chi connectivity index (χ0) is 20.4. The Morgan fingerprint density at radius 3 is 2.59 bits per heavy atom. The van der Waals surface area contributed by atoms with E-state index in [0.717, 1.165) is 15.6 Å². The fourth-order valence-corrected chi connectivity index (χ4v) is 3.90. The number of amides is 2. The van der Waals surface area contributed by atoms with Crippen LogP contribution in [0.15, 0.2) is 46.9 Å². The molecule has 0 spiro atoms. The molecule has 0 aliphatic carbocycles. The minimum absolute atomic E-state index is 0.0220. The number of piperidine rings is 1. The molecule has 8 heteroatoms. The predicted molar refractivity (Wildman–Crippen MR) is 113 cm³/mol. The molecule has 1 aromatic heterocycles. The fraction of sp³-hybridized carbons (Fsp3) is 0.333. The number of nitrogens with one attached hydrogen (secondary N) is 1. The number of halogens is 1. The van der Waals surface area contributed by atoms with E-state index >= 15 is 0 Å². The lowest BCUT2D eigenvalue weighted by Crippen LogP contribution is -2.42. The van der Waals surface area contributed by atoms with Crippen molar-refractivity contribution in [3.05, 3.63) is 58.1 Å². The number of nitrogens with zero attached hydrogens (tertiary/aromatic N) is 4. The summed E-state index contributed by atoms with van der Waals surface area (Å²) in [5, 5.41) is 11.1. The summed E-state index contributed by atoms with van der Waals surface area (Å²) in [6.07, 6.45) is 1.34. The molecular weight excluding hydrogens is 434 g/mol. The summed E-state index contributed by atoms with van der Waals surface area (Å²) in [6.45, 7) is 1.67. The maximum Gasteiger partial charge on any atom is 0.253 e. The van der Waals surface area contributed by atoms with E-state index in [1.54, 1.807) is 10.7 Å². The number of carbonyl (C=O) groups excluding carboxylic acids is 2. The number of likely N-dealkylation sites (tertiary alicyclic amines) is 1. The Bertz CT molecular complexity index is 1040. The molecule has 0 radical (unpaired) electrons. The van der Waals surface area contributed by atoms with Crippen molar-refractivity contribution in [1.82, 2.24) is 25.2 Å². The standard InChI is InChI=1S/C21H22BrN5O2/c1-26-19-7-4-16(12-18(19)24-25-26)21(29)27-10-8-15(9-11-27)20(28)23-13-14-2-5-17(22)6-3-14/h2-7,12,15H,8-11,13H2,1H3,(H,23,28). The van der Waals surface area contributed by atoms with Gasteiger partial charge in [-0.25, -0.2) is 4.68 Å². The molecule has 2 aromatic carbocycles. The summed E-state index contributed by atoms with van der Waals surface area (Å²) in [5.74, 6) is -0.0239. The van der Waals surface area contributed by atoms with Crippen LogP contribution in [0.5, 0.6) is 0 Å². The highest BCUT2D eigenvalue weighted by atomic mass is 79.9. The number of fused-ring (bicyclic) bond motifs is 1. The first-order chi connectivity index (χ1) is 14.0. The lowest BCUT2D eigenvalue weighted by molar-refractivity contribution is -0.126. The Labute approximate surface area is 177 Å². The summed E-state index contributed by atoms with van der Waals surface area (Å²) in [6, 6.07) is 13.4. The molecule has 0 bridgehead atoms. The zero-order valence-corrected chi connectivity index (χ0v) is 17.7. The molecule has 4 rings (SSSR count). The second kappa shape index (κ2) is 8.32. The number of aromatic nitrogens is 3. The Kier molecular flexibility index (Phi) is 5.62. The molecule has 3 aromatic rings. The van der Waals surface area contributed by atoms with E-state index in [2.05, 4.69) is 31.6 Å². The molecule has 1 N–H and O–H groups in total. The third-order valence-corrected chi connectivity index (χ3v) is 5.92. The van der Waals surface area contributed by atoms with Gasteiger partial charge in [-0.2, -0.15) is 0 Å². The molecule has 0 saturated carbocycles. The Balaban J connectivity index is 1.31. The molecule has 150 valence electrons. The van der Waals surface area contributed by atoms with Gasteiger partial charge in [0.05, 0.1) is 5.52 Å². The van der Waals surface area contributed by atoms with E-state index < -0.39 is 0 Å². The number of benzene rings is 2. The van der Waals surface area contributed by atoms with Crippen LogP contribution in [0.3, 0.4) is 0 Å². The van der Waals surface area contributed by atoms with Crippen molar-refractivity contribution in [2.75, 3.05) is 13.1 Å². The SMILES string of the molecule is Cn1nnc2cc(C(=O)N3CCC(C(=O)NCc4ccc(Br)cc4)CC3)ccc21. The van der Waals surface area contributed by atoms with Gasteiger partial charge >= 0.3 is 0 Å². The molecule has 1 aliphatic rings. The fourth-order valence-electron chi connectivity index (χ4n) is 3.64. The molecule has 2 amide bonds. The summed E-state index contributed by atoms with van der Waals surface area (Å²) in [4.78, 5) is 27.1. The molecule has 1 aliphatic heterocycles. The van der Waals surface area contributed by atoms with Gasteiger partial charge in [0.25, 0.3) is 5.91 Å². The van der Waals surface area contributed by atoms with Gasteiger partial charge in [0, 0.05) is 42.6 Å². The number of aryl methyl sites for hydroxylation is 1. The van der Waals surface area contributed by atoms with Crippen molar-refractivity contribution in [1.29, 1.82) is 0 Å². The number of rotatable bonds is 4. The van der Waals surface area contributed by atoms with Gasteiger partial charge in [-0.05, 0) is 48.7 Å². The maximum atomic E-state index is 12.8. The summed E-state index contributed by atoms with van der Waals surface area (Å²) in [7, 11) is 1.82. The van der Waals surface area contributed by atoms with Crippen molar-refractivity contribution >= 4 is 38.8 Å². The topological polar surface area (TPSA) is 80.1 Å². The van der Waals surface area contributed by atoms with Gasteiger partial charge in [-0.15, -0.1) is 5.10 Å². The second-order valence-corrected chi connectivity index (χ2v) is 8.24. The minimum atomic E-state index is -0.0584. The number of hydrogen-bond donors (Lipinski definition) is 1. The van der Waals surface area contributed by atoms with Crippen LogP contribution in [0.1, 0.15) is 28.8 Å². The molecule has 0 atom stereocenters. The Hall–Kier alpha value is -2.74. The van der Waals surface area contributed by atoms with Crippen LogP contribution >= 0.6 is 15.9 Å². The highest BCUT2D eigenvalue weighted by Crippen LogP contribution is 2.21. The van der Waals surface area contributed by atoms with Crippen LogP contribution in [0.2, 0.25) is 0 Å². The summed E-state index contributed by atoms with van der Waals surface area (Å²) >= 11 is 3.41. The van der Waals surface area contributed by atoms with Crippen molar-refractivity contribution in [3.8, 4) is 0 Å². The molecule has 29 heavy (non-hydrogen) atoms. The van der Waals surface area contributed by atoms with Crippen LogP contribution in [-0.4, -0.2) is 44.8 Å². The third kappa shape index (κ3) is 4.32. The van der Waals surface area contributed by atoms with E-state index in [-0.39, 0.29) is 17.7 Å². The van der Waals surface area contributed by atoms with Gasteiger partial charge in [0.2, 0.25) is 5.91 Å². The quantitative estimate of drug-likeness (QED) is 0.655. The van der Waals surface area contributed by atoms with Crippen molar-refractivity contribution in [3.63, 3.8) is 0 Å². The maximum absolute atomic E-state index is 12.8. The van der Waals surface area contributed by atoms with E-state index in [0.29, 0.717) is 43.6 Å². The zero-order valence-electron chi connectivity index (χ0n) is 16.1. The molecule has 0 unspecified atom stereocenters.